The van der Waals surface area contributed by atoms with Gasteiger partial charge in [-0.05, 0) is 34.5 Å². The van der Waals surface area contributed by atoms with Gasteiger partial charge in [-0.25, -0.2) is 5.01 Å². The van der Waals surface area contributed by atoms with Crippen molar-refractivity contribution in [3.05, 3.63) is 98.2 Å². The number of thiophene rings is 1. The van der Waals surface area contributed by atoms with E-state index in [4.69, 9.17) is 0 Å². The molecular weight excluding hydrogens is 362 g/mol. The Morgan fingerprint density at radius 3 is 2.48 bits per heavy atom. The smallest absolute Gasteiger partial charge is 0.267 e. The zero-order valence-electron chi connectivity index (χ0n) is 14.2. The molecule has 0 radical (unpaired) electrons. The largest absolute Gasteiger partial charge is 0.274 e. The lowest BCUT2D eigenvalue weighted by Gasteiger charge is -2.22. The molecule has 1 aromatic heterocycles. The Morgan fingerprint density at radius 1 is 1.11 bits per heavy atom. The molecule has 0 saturated heterocycles. The molecule has 2 heterocycles. The van der Waals surface area contributed by atoms with Crippen molar-refractivity contribution >= 4 is 28.6 Å². The predicted octanol–water partition coefficient (Wildman–Crippen LogP) is 4.65. The van der Waals surface area contributed by atoms with Crippen LogP contribution in [0, 0.1) is 10.1 Å². The Labute approximate surface area is 159 Å². The number of hydrogen-bond acceptors (Lipinski definition) is 5. The first-order valence-electron chi connectivity index (χ1n) is 8.36. The molecule has 0 spiro atoms. The second kappa shape index (κ2) is 7.13. The van der Waals surface area contributed by atoms with Gasteiger partial charge in [-0.15, -0.1) is 0 Å². The lowest BCUT2D eigenvalue weighted by Crippen LogP contribution is -2.27. The molecular formula is C20H15N3O3S. The highest BCUT2D eigenvalue weighted by atomic mass is 32.1. The molecule has 1 unspecified atom stereocenters. The zero-order chi connectivity index (χ0) is 18.8. The highest BCUT2D eigenvalue weighted by Gasteiger charge is 2.33. The number of rotatable bonds is 4. The van der Waals surface area contributed by atoms with Crippen molar-refractivity contribution in [1.29, 1.82) is 0 Å². The van der Waals surface area contributed by atoms with Crippen molar-refractivity contribution in [2.45, 2.75) is 12.5 Å². The molecule has 0 fully saturated rings. The van der Waals surface area contributed by atoms with Gasteiger partial charge in [0.15, 0.2) is 0 Å². The highest BCUT2D eigenvalue weighted by molar-refractivity contribution is 7.08. The van der Waals surface area contributed by atoms with E-state index in [-0.39, 0.29) is 17.6 Å². The van der Waals surface area contributed by atoms with E-state index in [1.165, 1.54) is 17.1 Å². The molecule has 6 nitrogen and oxygen atoms in total. The van der Waals surface area contributed by atoms with Crippen LogP contribution in [-0.4, -0.2) is 21.6 Å². The summed E-state index contributed by atoms with van der Waals surface area (Å²) in [6.45, 7) is 0. The summed E-state index contributed by atoms with van der Waals surface area (Å²) < 4.78 is 0. The zero-order valence-corrected chi connectivity index (χ0v) is 15.0. The van der Waals surface area contributed by atoms with Crippen molar-refractivity contribution < 1.29 is 9.72 Å². The van der Waals surface area contributed by atoms with E-state index in [9.17, 15) is 14.9 Å². The summed E-state index contributed by atoms with van der Waals surface area (Å²) in [5, 5.41) is 21.0. The summed E-state index contributed by atoms with van der Waals surface area (Å²) >= 11 is 1.58. The van der Waals surface area contributed by atoms with Crippen molar-refractivity contribution in [2.24, 2.45) is 5.10 Å². The summed E-state index contributed by atoms with van der Waals surface area (Å²) in [6, 6.07) is 17.0. The van der Waals surface area contributed by atoms with Crippen LogP contribution in [0.15, 0.2) is 76.5 Å². The minimum Gasteiger partial charge on any atom is -0.267 e. The summed E-state index contributed by atoms with van der Waals surface area (Å²) in [6.07, 6.45) is 0.563. The number of hydrogen-bond donors (Lipinski definition) is 0. The van der Waals surface area contributed by atoms with Crippen LogP contribution in [0.25, 0.3) is 0 Å². The normalized spacial score (nSPS) is 16.2. The van der Waals surface area contributed by atoms with E-state index in [1.807, 2.05) is 35.0 Å². The molecule has 0 bridgehead atoms. The van der Waals surface area contributed by atoms with Gasteiger partial charge < -0.3 is 0 Å². The Bertz CT molecular complexity index is 999. The topological polar surface area (TPSA) is 75.8 Å². The molecule has 3 aromatic rings. The molecule has 134 valence electrons. The number of nitro groups is 1. The van der Waals surface area contributed by atoms with Crippen LogP contribution in [0.4, 0.5) is 5.69 Å². The molecule has 2 aromatic carbocycles. The fraction of sp³-hybridized carbons (Fsp3) is 0.100. The average Bonchev–Trinajstić information content (AvgIpc) is 3.38. The summed E-state index contributed by atoms with van der Waals surface area (Å²) in [5.41, 5.74) is 3.23. The third kappa shape index (κ3) is 3.37. The molecule has 7 heteroatoms. The molecule has 1 aliphatic rings. The van der Waals surface area contributed by atoms with Crippen molar-refractivity contribution in [3.8, 4) is 0 Å². The first-order valence-corrected chi connectivity index (χ1v) is 9.31. The lowest BCUT2D eigenvalue weighted by molar-refractivity contribution is -0.384. The predicted molar refractivity (Wildman–Crippen MR) is 104 cm³/mol. The number of non-ortho nitro benzene ring substituents is 1. The second-order valence-electron chi connectivity index (χ2n) is 6.14. The Kier molecular flexibility index (Phi) is 4.52. The summed E-state index contributed by atoms with van der Waals surface area (Å²) in [7, 11) is 0. The van der Waals surface area contributed by atoms with E-state index >= 15 is 0 Å². The van der Waals surface area contributed by atoms with Gasteiger partial charge >= 0.3 is 0 Å². The molecule has 1 atom stereocenters. The number of nitro benzene ring substituents is 1. The molecule has 0 saturated carbocycles. The molecule has 1 aliphatic heterocycles. The first-order chi connectivity index (χ1) is 13.1. The fourth-order valence-electron chi connectivity index (χ4n) is 3.09. The maximum atomic E-state index is 13.0. The van der Waals surface area contributed by atoms with Gasteiger partial charge in [0.25, 0.3) is 11.6 Å². The summed E-state index contributed by atoms with van der Waals surface area (Å²) in [5.74, 6) is -0.191. The third-order valence-electron chi connectivity index (χ3n) is 4.48. The van der Waals surface area contributed by atoms with Gasteiger partial charge in [0, 0.05) is 29.7 Å². The Balaban J connectivity index is 1.70. The van der Waals surface area contributed by atoms with Gasteiger partial charge in [0.1, 0.15) is 0 Å². The standard InChI is InChI=1S/C20H15N3O3S/c24-20(15-4-2-1-3-5-15)22-19(12-18(21-22)16-10-11-27-13-16)14-6-8-17(9-7-14)23(25)26/h1-11,13,19H,12H2. The maximum Gasteiger partial charge on any atom is 0.274 e. The van der Waals surface area contributed by atoms with Crippen LogP contribution in [0.3, 0.4) is 0 Å². The molecule has 4 rings (SSSR count). The van der Waals surface area contributed by atoms with Crippen molar-refractivity contribution in [2.75, 3.05) is 0 Å². The van der Waals surface area contributed by atoms with Crippen LogP contribution in [0.5, 0.6) is 0 Å². The minimum atomic E-state index is -0.432. The van der Waals surface area contributed by atoms with Gasteiger partial charge in [0.2, 0.25) is 0 Å². The first kappa shape index (κ1) is 17.1. The molecule has 1 amide bonds. The van der Waals surface area contributed by atoms with Crippen LogP contribution in [0.2, 0.25) is 0 Å². The van der Waals surface area contributed by atoms with Crippen molar-refractivity contribution in [1.82, 2.24) is 5.01 Å². The monoisotopic (exact) mass is 377 g/mol. The van der Waals surface area contributed by atoms with Crippen LogP contribution < -0.4 is 0 Å². The van der Waals surface area contributed by atoms with Gasteiger partial charge in [0.05, 0.1) is 16.7 Å². The summed E-state index contributed by atoms with van der Waals surface area (Å²) in [4.78, 5) is 23.5. The van der Waals surface area contributed by atoms with Gasteiger partial charge in [-0.3, -0.25) is 14.9 Å². The van der Waals surface area contributed by atoms with Gasteiger partial charge in [-0.2, -0.15) is 16.4 Å². The maximum absolute atomic E-state index is 13.0. The number of hydrazone groups is 1. The van der Waals surface area contributed by atoms with E-state index < -0.39 is 4.92 Å². The van der Waals surface area contributed by atoms with Gasteiger partial charge in [-0.1, -0.05) is 30.3 Å². The number of carbonyl (C=O) groups is 1. The van der Waals surface area contributed by atoms with E-state index in [2.05, 4.69) is 5.10 Å². The molecule has 0 N–H and O–H groups in total. The SMILES string of the molecule is O=C(c1ccccc1)N1N=C(c2ccsc2)CC1c1ccc([N+](=O)[O-])cc1. The number of carbonyl (C=O) groups excluding carboxylic acids is 1. The van der Waals surface area contributed by atoms with Crippen LogP contribution in [-0.2, 0) is 0 Å². The Hall–Kier alpha value is -3.32. The fourth-order valence-corrected chi connectivity index (χ4v) is 3.76. The quantitative estimate of drug-likeness (QED) is 0.491. The molecule has 27 heavy (non-hydrogen) atoms. The number of benzene rings is 2. The van der Waals surface area contributed by atoms with E-state index in [0.29, 0.717) is 12.0 Å². The second-order valence-corrected chi connectivity index (χ2v) is 6.92. The number of nitrogens with zero attached hydrogens (tertiary/aromatic N) is 3. The van der Waals surface area contributed by atoms with E-state index in [1.54, 1.807) is 35.6 Å². The van der Waals surface area contributed by atoms with Crippen LogP contribution in [0.1, 0.15) is 33.9 Å². The number of amides is 1. The highest BCUT2D eigenvalue weighted by Crippen LogP contribution is 2.35. The average molecular weight is 377 g/mol. The Morgan fingerprint density at radius 2 is 1.85 bits per heavy atom. The van der Waals surface area contributed by atoms with Crippen LogP contribution >= 0.6 is 11.3 Å². The van der Waals surface area contributed by atoms with E-state index in [0.717, 1.165) is 16.8 Å². The van der Waals surface area contributed by atoms with Crippen molar-refractivity contribution in [3.63, 3.8) is 0 Å². The lowest BCUT2D eigenvalue weighted by atomic mass is 9.99. The third-order valence-corrected chi connectivity index (χ3v) is 5.17. The minimum absolute atomic E-state index is 0.0247. The molecule has 0 aliphatic carbocycles.